The van der Waals surface area contributed by atoms with Gasteiger partial charge in [0.2, 0.25) is 0 Å². The maximum Gasteiger partial charge on any atom is -0.0322 e. The van der Waals surface area contributed by atoms with Crippen LogP contribution in [0, 0.1) is 11.8 Å². The Labute approximate surface area is 57.0 Å². The van der Waals surface area contributed by atoms with Gasteiger partial charge in [-0.05, 0) is 43.9 Å². The fourth-order valence-electron chi connectivity index (χ4n) is 2.18. The lowest BCUT2D eigenvalue weighted by Gasteiger charge is -2.01. The Kier molecular flexibility index (Phi) is 1.33. The second-order valence-electron chi connectivity index (χ2n) is 3.49. The van der Waals surface area contributed by atoms with Gasteiger partial charge < -0.3 is 0 Å². The zero-order chi connectivity index (χ0) is 6.10. The van der Waals surface area contributed by atoms with Crippen molar-refractivity contribution in [2.24, 2.45) is 11.8 Å². The molecule has 50 valence electrons. The molecule has 1 fully saturated rings. The number of rotatable bonds is 0. The van der Waals surface area contributed by atoms with Crippen LogP contribution in [0.1, 0.15) is 32.1 Å². The number of allylic oxidation sites excluding steroid dienone is 2. The van der Waals surface area contributed by atoms with Gasteiger partial charge in [-0.15, -0.1) is 0 Å². The zero-order valence-electron chi connectivity index (χ0n) is 5.84. The summed E-state index contributed by atoms with van der Waals surface area (Å²) in [5, 5.41) is 0. The highest BCUT2D eigenvalue weighted by Gasteiger charge is 2.24. The zero-order valence-corrected chi connectivity index (χ0v) is 5.84. The van der Waals surface area contributed by atoms with E-state index in [0.717, 1.165) is 11.8 Å². The van der Waals surface area contributed by atoms with E-state index in [1.54, 1.807) is 0 Å². The lowest BCUT2D eigenvalue weighted by molar-refractivity contribution is 0.514. The van der Waals surface area contributed by atoms with Gasteiger partial charge in [0.1, 0.15) is 0 Å². The second kappa shape index (κ2) is 2.17. The van der Waals surface area contributed by atoms with Gasteiger partial charge >= 0.3 is 0 Å². The van der Waals surface area contributed by atoms with Crippen molar-refractivity contribution in [3.63, 3.8) is 0 Å². The molecule has 0 aliphatic heterocycles. The molecule has 0 nitrogen and oxygen atoms in total. The number of hydrogen-bond donors (Lipinski definition) is 0. The van der Waals surface area contributed by atoms with E-state index in [-0.39, 0.29) is 0 Å². The minimum atomic E-state index is 1.06. The van der Waals surface area contributed by atoms with Crippen LogP contribution in [0.15, 0.2) is 12.2 Å². The minimum Gasteiger partial charge on any atom is -0.0883 e. The molecular formula is C9H14. The molecule has 0 amide bonds. The van der Waals surface area contributed by atoms with Crippen LogP contribution in [0.3, 0.4) is 0 Å². The van der Waals surface area contributed by atoms with Crippen LogP contribution in [-0.2, 0) is 0 Å². The lowest BCUT2D eigenvalue weighted by atomic mass is 10.0. The highest BCUT2D eigenvalue weighted by molar-refractivity contribution is 4.94. The first-order valence-corrected chi connectivity index (χ1v) is 4.10. The second-order valence-corrected chi connectivity index (χ2v) is 3.49. The van der Waals surface area contributed by atoms with E-state index in [1.165, 1.54) is 32.1 Å². The summed E-state index contributed by atoms with van der Waals surface area (Å²) in [7, 11) is 0. The lowest BCUT2D eigenvalue weighted by Crippen LogP contribution is -1.90. The molecule has 2 atom stereocenters. The van der Waals surface area contributed by atoms with Crippen LogP contribution < -0.4 is 0 Å². The van der Waals surface area contributed by atoms with Gasteiger partial charge in [0.15, 0.2) is 0 Å². The molecule has 2 bridgehead atoms. The van der Waals surface area contributed by atoms with Crippen molar-refractivity contribution in [1.29, 1.82) is 0 Å². The van der Waals surface area contributed by atoms with Crippen molar-refractivity contribution < 1.29 is 0 Å². The van der Waals surface area contributed by atoms with Gasteiger partial charge in [-0.1, -0.05) is 12.2 Å². The highest BCUT2D eigenvalue weighted by Crippen LogP contribution is 2.37. The summed E-state index contributed by atoms with van der Waals surface area (Å²) in [6, 6.07) is 0. The van der Waals surface area contributed by atoms with E-state index in [0.29, 0.717) is 0 Å². The predicted molar refractivity (Wildman–Crippen MR) is 39.2 cm³/mol. The molecule has 9 heavy (non-hydrogen) atoms. The summed E-state index contributed by atoms with van der Waals surface area (Å²) in [5.41, 5.74) is 0. The van der Waals surface area contributed by atoms with Gasteiger partial charge in [-0.3, -0.25) is 0 Å². The van der Waals surface area contributed by atoms with Crippen LogP contribution >= 0.6 is 0 Å². The Hall–Kier alpha value is -0.260. The van der Waals surface area contributed by atoms with Crippen LogP contribution in [0.2, 0.25) is 0 Å². The topological polar surface area (TPSA) is 0 Å². The van der Waals surface area contributed by atoms with Crippen LogP contribution in [0.4, 0.5) is 0 Å². The molecule has 0 heterocycles. The molecule has 0 heteroatoms. The normalized spacial score (nSPS) is 40.9. The van der Waals surface area contributed by atoms with Gasteiger partial charge in [0, 0.05) is 0 Å². The molecule has 1 saturated carbocycles. The molecule has 2 rings (SSSR count). The van der Waals surface area contributed by atoms with E-state index in [4.69, 9.17) is 0 Å². The average Bonchev–Trinajstić information content (AvgIpc) is 2.09. The fraction of sp³-hybridized carbons (Fsp3) is 0.778. The van der Waals surface area contributed by atoms with Gasteiger partial charge in [0.25, 0.3) is 0 Å². The Morgan fingerprint density at radius 2 is 1.44 bits per heavy atom. The summed E-state index contributed by atoms with van der Waals surface area (Å²) in [6.07, 6.45) is 12.0. The molecule has 0 radical (unpaired) electrons. The van der Waals surface area contributed by atoms with E-state index in [9.17, 15) is 0 Å². The summed E-state index contributed by atoms with van der Waals surface area (Å²) in [4.78, 5) is 0. The molecule has 0 N–H and O–H groups in total. The largest absolute Gasteiger partial charge is 0.0883 e. The molecule has 0 spiro atoms. The highest BCUT2D eigenvalue weighted by atomic mass is 14.3. The first-order chi connectivity index (χ1) is 4.45. The van der Waals surface area contributed by atoms with Crippen molar-refractivity contribution in [1.82, 2.24) is 0 Å². The van der Waals surface area contributed by atoms with Crippen molar-refractivity contribution >= 4 is 0 Å². The van der Waals surface area contributed by atoms with E-state index >= 15 is 0 Å². The molecule has 0 aromatic rings. The Morgan fingerprint density at radius 1 is 0.889 bits per heavy atom. The van der Waals surface area contributed by atoms with Crippen LogP contribution in [0.5, 0.6) is 0 Å². The Morgan fingerprint density at radius 3 is 2.00 bits per heavy atom. The minimum absolute atomic E-state index is 1.06. The maximum absolute atomic E-state index is 2.38. The first kappa shape index (κ1) is 5.52. The quantitative estimate of drug-likeness (QED) is 0.433. The van der Waals surface area contributed by atoms with Gasteiger partial charge in [0.05, 0.1) is 0 Å². The van der Waals surface area contributed by atoms with Crippen molar-refractivity contribution in [3.8, 4) is 0 Å². The molecule has 0 saturated heterocycles. The van der Waals surface area contributed by atoms with Crippen LogP contribution in [0.25, 0.3) is 0 Å². The van der Waals surface area contributed by atoms with Crippen molar-refractivity contribution in [3.05, 3.63) is 12.2 Å². The summed E-state index contributed by atoms with van der Waals surface area (Å²) >= 11 is 0. The third-order valence-corrected chi connectivity index (χ3v) is 2.76. The first-order valence-electron chi connectivity index (χ1n) is 4.10. The van der Waals surface area contributed by atoms with E-state index < -0.39 is 0 Å². The average molecular weight is 122 g/mol. The third-order valence-electron chi connectivity index (χ3n) is 2.76. The SMILES string of the molecule is C1=CCC2CCC(C1)C2. The summed E-state index contributed by atoms with van der Waals surface area (Å²) in [5.74, 6) is 2.13. The molecule has 2 unspecified atom stereocenters. The fourth-order valence-corrected chi connectivity index (χ4v) is 2.18. The monoisotopic (exact) mass is 122 g/mol. The Balaban J connectivity index is 2.08. The molecule has 2 aliphatic carbocycles. The molecular weight excluding hydrogens is 108 g/mol. The molecule has 0 aromatic carbocycles. The standard InChI is InChI=1S/C9H14/c1-2-4-9-6-5-8(3-1)7-9/h1-2,8-9H,3-7H2. The predicted octanol–water partition coefficient (Wildman–Crippen LogP) is 2.75. The Bertz CT molecular complexity index is 110. The van der Waals surface area contributed by atoms with Gasteiger partial charge in [-0.2, -0.15) is 0 Å². The van der Waals surface area contributed by atoms with Crippen molar-refractivity contribution in [2.75, 3.05) is 0 Å². The summed E-state index contributed by atoms with van der Waals surface area (Å²) in [6.45, 7) is 0. The van der Waals surface area contributed by atoms with Gasteiger partial charge in [-0.25, -0.2) is 0 Å². The smallest absolute Gasteiger partial charge is 0.0322 e. The van der Waals surface area contributed by atoms with Crippen molar-refractivity contribution in [2.45, 2.75) is 32.1 Å². The number of fused-ring (bicyclic) bond motifs is 2. The van der Waals surface area contributed by atoms with E-state index in [1.807, 2.05) is 0 Å². The van der Waals surface area contributed by atoms with E-state index in [2.05, 4.69) is 12.2 Å². The number of hydrogen-bond acceptors (Lipinski definition) is 0. The molecule has 0 aromatic heterocycles. The molecule has 2 aliphatic rings. The third kappa shape index (κ3) is 1.03. The maximum atomic E-state index is 2.38. The van der Waals surface area contributed by atoms with Crippen LogP contribution in [-0.4, -0.2) is 0 Å². The summed E-state index contributed by atoms with van der Waals surface area (Å²) < 4.78 is 0.